The fourth-order valence-electron chi connectivity index (χ4n) is 1.56. The van der Waals surface area contributed by atoms with Crippen LogP contribution in [0.4, 0.5) is 4.39 Å². The van der Waals surface area contributed by atoms with Gasteiger partial charge >= 0.3 is 0 Å². The summed E-state index contributed by atoms with van der Waals surface area (Å²) in [4.78, 5) is 0. The molecule has 0 fully saturated rings. The van der Waals surface area contributed by atoms with Crippen molar-refractivity contribution < 1.29 is 9.13 Å². The zero-order chi connectivity index (χ0) is 13.8. The summed E-state index contributed by atoms with van der Waals surface area (Å²) in [5, 5.41) is 0.732. The molecule has 0 unspecified atom stereocenters. The van der Waals surface area contributed by atoms with Crippen molar-refractivity contribution in [2.45, 2.75) is 11.9 Å². The number of hydrogen-bond acceptors (Lipinski definition) is 1. The van der Waals surface area contributed by atoms with Crippen LogP contribution in [0.2, 0.25) is 0 Å². The molecule has 0 bridgehead atoms. The molecule has 2 rings (SSSR count). The lowest BCUT2D eigenvalue weighted by molar-refractivity contribution is 0.299. The van der Waals surface area contributed by atoms with E-state index in [1.807, 2.05) is 18.2 Å². The molecule has 0 atom stereocenters. The van der Waals surface area contributed by atoms with Gasteiger partial charge in [0.2, 0.25) is 0 Å². The third-order valence-electron chi connectivity index (χ3n) is 2.56. The summed E-state index contributed by atoms with van der Waals surface area (Å²) in [7, 11) is 0. The van der Waals surface area contributed by atoms with Gasteiger partial charge < -0.3 is 4.74 Å². The number of alkyl halides is 1. The Labute approximate surface area is 136 Å². The molecular formula is C14H10Br3FO. The first-order valence-corrected chi connectivity index (χ1v) is 8.22. The fourth-order valence-corrected chi connectivity index (χ4v) is 3.19. The maximum Gasteiger partial charge on any atom is 0.129 e. The number of halogens is 4. The number of hydrogen-bond donors (Lipinski definition) is 0. The summed E-state index contributed by atoms with van der Waals surface area (Å²) in [6, 6.07) is 10.5. The van der Waals surface area contributed by atoms with Gasteiger partial charge in [-0.2, -0.15) is 0 Å². The Bertz CT molecular complexity index is 587. The highest BCUT2D eigenvalue weighted by Crippen LogP contribution is 2.25. The van der Waals surface area contributed by atoms with Crippen LogP contribution >= 0.6 is 47.8 Å². The summed E-state index contributed by atoms with van der Waals surface area (Å²) in [6.07, 6.45) is 0. The summed E-state index contributed by atoms with van der Waals surface area (Å²) >= 11 is 10.2. The van der Waals surface area contributed by atoms with E-state index in [-0.39, 0.29) is 12.4 Å². The molecule has 5 heteroatoms. The Morgan fingerprint density at radius 2 is 1.79 bits per heavy atom. The van der Waals surface area contributed by atoms with Crippen LogP contribution in [0.25, 0.3) is 0 Å². The summed E-state index contributed by atoms with van der Waals surface area (Å²) < 4.78 is 21.0. The van der Waals surface area contributed by atoms with Crippen molar-refractivity contribution in [2.24, 2.45) is 0 Å². The fraction of sp³-hybridized carbons (Fsp3) is 0.143. The Morgan fingerprint density at radius 1 is 1.00 bits per heavy atom. The van der Waals surface area contributed by atoms with Crippen molar-refractivity contribution in [3.8, 4) is 5.75 Å². The number of ether oxygens (including phenoxy) is 1. The highest BCUT2D eigenvalue weighted by molar-refractivity contribution is 9.11. The van der Waals surface area contributed by atoms with Crippen molar-refractivity contribution in [1.29, 1.82) is 0 Å². The van der Waals surface area contributed by atoms with Crippen LogP contribution in [-0.2, 0) is 11.9 Å². The molecule has 0 aliphatic carbocycles. The van der Waals surface area contributed by atoms with Crippen LogP contribution in [0, 0.1) is 5.82 Å². The Morgan fingerprint density at radius 3 is 2.53 bits per heavy atom. The molecule has 1 nitrogen and oxygen atoms in total. The average Bonchev–Trinajstić information content (AvgIpc) is 2.41. The largest absolute Gasteiger partial charge is 0.489 e. The maximum absolute atomic E-state index is 13.6. The van der Waals surface area contributed by atoms with E-state index in [9.17, 15) is 4.39 Å². The van der Waals surface area contributed by atoms with Crippen molar-refractivity contribution >= 4 is 47.8 Å². The predicted molar refractivity (Wildman–Crippen MR) is 85.2 cm³/mol. The molecule has 0 aromatic heterocycles. The minimum Gasteiger partial charge on any atom is -0.489 e. The molecule has 0 aliphatic rings. The second-order valence-electron chi connectivity index (χ2n) is 3.91. The zero-order valence-corrected chi connectivity index (χ0v) is 14.6. The molecule has 0 amide bonds. The minimum atomic E-state index is -0.263. The molecule has 0 saturated carbocycles. The van der Waals surface area contributed by atoms with E-state index in [1.165, 1.54) is 6.07 Å². The van der Waals surface area contributed by atoms with Gasteiger partial charge in [-0.1, -0.05) is 47.8 Å². The third-order valence-corrected chi connectivity index (χ3v) is 4.43. The second-order valence-corrected chi connectivity index (χ2v) is 6.24. The average molecular weight is 453 g/mol. The van der Waals surface area contributed by atoms with Gasteiger partial charge in [0.25, 0.3) is 0 Å². The topological polar surface area (TPSA) is 9.23 Å². The van der Waals surface area contributed by atoms with Gasteiger partial charge in [0.1, 0.15) is 18.2 Å². The molecule has 100 valence electrons. The van der Waals surface area contributed by atoms with Crippen molar-refractivity contribution in [3.05, 3.63) is 62.3 Å². The standard InChI is InChI=1S/C14H10Br3FO/c15-7-9-6-12(2-3-13(9)17)19-8-10-5-11(16)1-4-14(10)18/h1-6H,7-8H2. The van der Waals surface area contributed by atoms with Gasteiger partial charge in [0.15, 0.2) is 0 Å². The lowest BCUT2D eigenvalue weighted by Crippen LogP contribution is -1.99. The Hall–Kier alpha value is -0.390. The summed E-state index contributed by atoms with van der Waals surface area (Å²) in [5.41, 5.74) is 1.62. The first-order valence-electron chi connectivity index (χ1n) is 5.51. The van der Waals surface area contributed by atoms with E-state index in [4.69, 9.17) is 4.74 Å². The van der Waals surface area contributed by atoms with Crippen LogP contribution in [0.1, 0.15) is 11.1 Å². The highest BCUT2D eigenvalue weighted by Gasteiger charge is 2.05. The van der Waals surface area contributed by atoms with Crippen LogP contribution in [0.15, 0.2) is 45.3 Å². The Balaban J connectivity index is 2.12. The maximum atomic E-state index is 13.6. The van der Waals surface area contributed by atoms with Crippen molar-refractivity contribution in [1.82, 2.24) is 0 Å². The molecule has 0 spiro atoms. The molecule has 2 aromatic carbocycles. The van der Waals surface area contributed by atoms with E-state index in [1.54, 1.807) is 12.1 Å². The molecule has 0 heterocycles. The molecule has 0 radical (unpaired) electrons. The smallest absolute Gasteiger partial charge is 0.129 e. The van der Waals surface area contributed by atoms with E-state index < -0.39 is 0 Å². The van der Waals surface area contributed by atoms with Gasteiger partial charge in [0, 0.05) is 19.8 Å². The zero-order valence-electron chi connectivity index (χ0n) is 9.80. The molecule has 0 N–H and O–H groups in total. The lowest BCUT2D eigenvalue weighted by atomic mass is 10.2. The van der Waals surface area contributed by atoms with Crippen LogP contribution < -0.4 is 4.74 Å². The molecule has 2 aromatic rings. The number of rotatable bonds is 4. The van der Waals surface area contributed by atoms with E-state index in [0.717, 1.165) is 25.6 Å². The summed E-state index contributed by atoms with van der Waals surface area (Å²) in [6.45, 7) is 0.203. The van der Waals surface area contributed by atoms with Crippen molar-refractivity contribution in [3.63, 3.8) is 0 Å². The van der Waals surface area contributed by atoms with Crippen LogP contribution in [-0.4, -0.2) is 0 Å². The van der Waals surface area contributed by atoms with Crippen LogP contribution in [0.5, 0.6) is 5.75 Å². The van der Waals surface area contributed by atoms with E-state index in [2.05, 4.69) is 47.8 Å². The first kappa shape index (κ1) is 15.0. The predicted octanol–water partition coefficient (Wildman–Crippen LogP) is 5.82. The molecular weight excluding hydrogens is 443 g/mol. The normalized spacial score (nSPS) is 10.5. The molecule has 0 aliphatic heterocycles. The van der Waals surface area contributed by atoms with Crippen molar-refractivity contribution in [2.75, 3.05) is 0 Å². The first-order chi connectivity index (χ1) is 9.10. The molecule has 19 heavy (non-hydrogen) atoms. The summed E-state index contributed by atoms with van der Waals surface area (Å²) in [5.74, 6) is 0.457. The van der Waals surface area contributed by atoms with E-state index in [0.29, 0.717) is 5.56 Å². The minimum absolute atomic E-state index is 0.203. The van der Waals surface area contributed by atoms with Gasteiger partial charge in [-0.25, -0.2) is 4.39 Å². The quantitative estimate of drug-likeness (QED) is 0.531. The van der Waals surface area contributed by atoms with Gasteiger partial charge in [-0.05, 0) is 42.0 Å². The lowest BCUT2D eigenvalue weighted by Gasteiger charge is -2.09. The SMILES string of the molecule is Fc1ccc(Br)cc1COc1ccc(Br)c(CBr)c1. The second kappa shape index (κ2) is 6.86. The van der Waals surface area contributed by atoms with Gasteiger partial charge in [0.05, 0.1) is 0 Å². The molecule has 0 saturated heterocycles. The third kappa shape index (κ3) is 4.04. The Kier molecular flexibility index (Phi) is 5.42. The number of benzene rings is 2. The van der Waals surface area contributed by atoms with Gasteiger partial charge in [-0.3, -0.25) is 0 Å². The van der Waals surface area contributed by atoms with Gasteiger partial charge in [-0.15, -0.1) is 0 Å². The highest BCUT2D eigenvalue weighted by atomic mass is 79.9. The van der Waals surface area contributed by atoms with Crippen LogP contribution in [0.3, 0.4) is 0 Å². The monoisotopic (exact) mass is 450 g/mol. The van der Waals surface area contributed by atoms with E-state index >= 15 is 0 Å².